The molecule has 5 nitrogen and oxygen atoms in total. The van der Waals surface area contributed by atoms with Crippen molar-refractivity contribution in [2.75, 3.05) is 16.8 Å². The Kier molecular flexibility index (Phi) is 5.40. The number of nitrogens with zero attached hydrogens (tertiary/aromatic N) is 2. The van der Waals surface area contributed by atoms with Crippen molar-refractivity contribution in [3.63, 3.8) is 0 Å². The highest BCUT2D eigenvalue weighted by Gasteiger charge is 2.31. The van der Waals surface area contributed by atoms with Crippen LogP contribution >= 0.6 is 23.8 Å². The number of amides is 1. The number of anilines is 2. The normalized spacial score (nSPS) is 16.3. The standard InChI is InChI=1S/C19H17ClN4OS/c1-12-5-6-14(20)8-17(12)23-19(26)22-15-9-18(25)24(11-15)16-4-2-3-13(7-16)10-21/h2-8,15H,9,11H2,1H3,(H2,22,23,26). The van der Waals surface area contributed by atoms with E-state index >= 15 is 0 Å². The number of aryl methyl sites for hydroxylation is 1. The summed E-state index contributed by atoms with van der Waals surface area (Å²) >= 11 is 11.4. The molecule has 0 bridgehead atoms. The summed E-state index contributed by atoms with van der Waals surface area (Å²) in [6.07, 6.45) is 0.340. The number of thiocarbonyl (C=S) groups is 1. The van der Waals surface area contributed by atoms with Crippen molar-refractivity contribution in [1.82, 2.24) is 5.32 Å². The predicted molar refractivity (Wildman–Crippen MR) is 107 cm³/mol. The fourth-order valence-corrected chi connectivity index (χ4v) is 3.32. The van der Waals surface area contributed by atoms with Crippen molar-refractivity contribution in [3.05, 3.63) is 58.6 Å². The topological polar surface area (TPSA) is 68.2 Å². The van der Waals surface area contributed by atoms with Crippen LogP contribution in [0.2, 0.25) is 5.02 Å². The molecule has 1 fully saturated rings. The maximum atomic E-state index is 12.3. The maximum absolute atomic E-state index is 12.3. The predicted octanol–water partition coefficient (Wildman–Crippen LogP) is 3.61. The second-order valence-corrected chi connectivity index (χ2v) is 6.97. The lowest BCUT2D eigenvalue weighted by Gasteiger charge is -2.19. The third kappa shape index (κ3) is 4.13. The van der Waals surface area contributed by atoms with E-state index in [1.807, 2.05) is 31.2 Å². The highest BCUT2D eigenvalue weighted by molar-refractivity contribution is 7.80. The van der Waals surface area contributed by atoms with Crippen LogP contribution in [0.25, 0.3) is 0 Å². The van der Waals surface area contributed by atoms with E-state index in [4.69, 9.17) is 29.1 Å². The third-order valence-corrected chi connectivity index (χ3v) is 4.65. The molecule has 1 atom stereocenters. The van der Waals surface area contributed by atoms with Crippen molar-refractivity contribution in [1.29, 1.82) is 5.26 Å². The summed E-state index contributed by atoms with van der Waals surface area (Å²) in [7, 11) is 0. The van der Waals surface area contributed by atoms with Gasteiger partial charge in [-0.15, -0.1) is 0 Å². The largest absolute Gasteiger partial charge is 0.357 e. The van der Waals surface area contributed by atoms with Gasteiger partial charge in [-0.05, 0) is 55.0 Å². The zero-order valence-electron chi connectivity index (χ0n) is 14.1. The molecule has 2 aromatic carbocycles. The number of rotatable bonds is 3. The van der Waals surface area contributed by atoms with Crippen LogP contribution in [0.3, 0.4) is 0 Å². The molecule has 1 unspecified atom stereocenters. The molecule has 0 radical (unpaired) electrons. The van der Waals surface area contributed by atoms with E-state index < -0.39 is 0 Å². The highest BCUT2D eigenvalue weighted by atomic mass is 35.5. The lowest BCUT2D eigenvalue weighted by molar-refractivity contribution is -0.117. The quantitative estimate of drug-likeness (QED) is 0.791. The van der Waals surface area contributed by atoms with E-state index in [0.717, 1.165) is 16.9 Å². The molecule has 3 rings (SSSR count). The summed E-state index contributed by atoms with van der Waals surface area (Å²) < 4.78 is 0. The van der Waals surface area contributed by atoms with E-state index in [0.29, 0.717) is 28.7 Å². The Bertz CT molecular complexity index is 909. The van der Waals surface area contributed by atoms with Gasteiger partial charge in [0.2, 0.25) is 5.91 Å². The minimum atomic E-state index is -0.104. The van der Waals surface area contributed by atoms with Crippen LogP contribution < -0.4 is 15.5 Å². The van der Waals surface area contributed by atoms with Crippen LogP contribution in [0.15, 0.2) is 42.5 Å². The van der Waals surface area contributed by atoms with Gasteiger partial charge in [0.15, 0.2) is 5.11 Å². The van der Waals surface area contributed by atoms with Gasteiger partial charge in [0.25, 0.3) is 0 Å². The number of hydrogen-bond acceptors (Lipinski definition) is 3. The van der Waals surface area contributed by atoms with Gasteiger partial charge in [0, 0.05) is 29.4 Å². The molecule has 1 amide bonds. The van der Waals surface area contributed by atoms with Crippen LogP contribution in [0.5, 0.6) is 0 Å². The summed E-state index contributed by atoms with van der Waals surface area (Å²) in [5, 5.41) is 16.4. The van der Waals surface area contributed by atoms with Crippen LogP contribution in [-0.2, 0) is 4.79 Å². The molecule has 0 aromatic heterocycles. The molecule has 1 saturated heterocycles. The Labute approximate surface area is 162 Å². The van der Waals surface area contributed by atoms with Crippen molar-refractivity contribution in [3.8, 4) is 6.07 Å². The van der Waals surface area contributed by atoms with Gasteiger partial charge < -0.3 is 15.5 Å². The molecule has 1 heterocycles. The van der Waals surface area contributed by atoms with Gasteiger partial charge >= 0.3 is 0 Å². The molecular weight excluding hydrogens is 368 g/mol. The molecule has 0 aliphatic carbocycles. The third-order valence-electron chi connectivity index (χ3n) is 4.19. The molecule has 26 heavy (non-hydrogen) atoms. The fourth-order valence-electron chi connectivity index (χ4n) is 2.87. The van der Waals surface area contributed by atoms with Crippen molar-refractivity contribution < 1.29 is 4.79 Å². The smallest absolute Gasteiger partial charge is 0.229 e. The molecule has 2 aromatic rings. The number of carbonyl (C=O) groups is 1. The van der Waals surface area contributed by atoms with Crippen LogP contribution in [0, 0.1) is 18.3 Å². The number of nitrogens with one attached hydrogen (secondary N) is 2. The van der Waals surface area contributed by atoms with E-state index in [-0.39, 0.29) is 11.9 Å². The summed E-state index contributed by atoms with van der Waals surface area (Å²) in [6.45, 7) is 2.45. The lowest BCUT2D eigenvalue weighted by Crippen LogP contribution is -2.39. The van der Waals surface area contributed by atoms with Gasteiger partial charge in [0.1, 0.15) is 0 Å². The van der Waals surface area contributed by atoms with E-state index in [9.17, 15) is 4.79 Å². The lowest BCUT2D eigenvalue weighted by atomic mass is 10.2. The molecule has 1 aliphatic heterocycles. The minimum Gasteiger partial charge on any atom is -0.357 e. The van der Waals surface area contributed by atoms with Crippen LogP contribution in [0.4, 0.5) is 11.4 Å². The number of halogens is 1. The summed E-state index contributed by atoms with van der Waals surface area (Å²) in [5.41, 5.74) is 3.11. The van der Waals surface area contributed by atoms with E-state index in [1.54, 1.807) is 23.1 Å². The van der Waals surface area contributed by atoms with Gasteiger partial charge in [0.05, 0.1) is 17.7 Å². The molecule has 2 N–H and O–H groups in total. The minimum absolute atomic E-state index is 0.000624. The number of nitriles is 1. The Morgan fingerprint density at radius 1 is 1.35 bits per heavy atom. The van der Waals surface area contributed by atoms with Gasteiger partial charge in [-0.25, -0.2) is 0 Å². The van der Waals surface area contributed by atoms with Crippen molar-refractivity contribution in [2.24, 2.45) is 0 Å². The monoisotopic (exact) mass is 384 g/mol. The number of carbonyl (C=O) groups excluding carboxylic acids is 1. The van der Waals surface area contributed by atoms with Crippen molar-refractivity contribution >= 4 is 46.2 Å². The van der Waals surface area contributed by atoms with E-state index in [1.165, 1.54) is 0 Å². The molecular formula is C19H17ClN4OS. The SMILES string of the molecule is Cc1ccc(Cl)cc1NC(=S)NC1CC(=O)N(c2cccc(C#N)c2)C1. The Morgan fingerprint density at radius 2 is 2.15 bits per heavy atom. The number of benzene rings is 2. The molecule has 132 valence electrons. The first-order valence-electron chi connectivity index (χ1n) is 8.10. The summed E-state index contributed by atoms with van der Waals surface area (Å²) in [6, 6.07) is 14.6. The average molecular weight is 385 g/mol. The van der Waals surface area contributed by atoms with Crippen molar-refractivity contribution in [2.45, 2.75) is 19.4 Å². The van der Waals surface area contributed by atoms with Crippen LogP contribution in [0.1, 0.15) is 17.5 Å². The second kappa shape index (κ2) is 7.73. The van der Waals surface area contributed by atoms with Gasteiger partial charge in [-0.3, -0.25) is 4.79 Å². The van der Waals surface area contributed by atoms with Gasteiger partial charge in [-0.1, -0.05) is 23.7 Å². The fraction of sp³-hybridized carbons (Fsp3) is 0.211. The first kappa shape index (κ1) is 18.2. The Balaban J connectivity index is 1.64. The maximum Gasteiger partial charge on any atom is 0.229 e. The molecule has 0 spiro atoms. The second-order valence-electron chi connectivity index (χ2n) is 6.13. The highest BCUT2D eigenvalue weighted by Crippen LogP contribution is 2.23. The molecule has 1 aliphatic rings. The summed E-state index contributed by atoms with van der Waals surface area (Å²) in [4.78, 5) is 14.0. The molecule has 0 saturated carbocycles. The Hall–Kier alpha value is -2.62. The first-order chi connectivity index (χ1) is 12.5. The van der Waals surface area contributed by atoms with Crippen LogP contribution in [-0.4, -0.2) is 23.6 Å². The average Bonchev–Trinajstić information content (AvgIpc) is 2.98. The zero-order valence-corrected chi connectivity index (χ0v) is 15.7. The summed E-state index contributed by atoms with van der Waals surface area (Å²) in [5.74, 6) is -0.000624. The Morgan fingerprint density at radius 3 is 2.92 bits per heavy atom. The first-order valence-corrected chi connectivity index (χ1v) is 8.89. The number of hydrogen-bond donors (Lipinski definition) is 2. The van der Waals surface area contributed by atoms with Gasteiger partial charge in [-0.2, -0.15) is 5.26 Å². The molecule has 7 heteroatoms. The van der Waals surface area contributed by atoms with E-state index in [2.05, 4.69) is 16.7 Å². The zero-order chi connectivity index (χ0) is 18.7.